The minimum Gasteiger partial charge on any atom is -0.376 e. The number of aromatic nitrogens is 1. The lowest BCUT2D eigenvalue weighted by atomic mass is 10.1. The number of fused-ring (bicyclic) bond motifs is 1. The molecule has 1 amide bonds. The molecule has 0 saturated carbocycles. The van der Waals surface area contributed by atoms with Crippen molar-refractivity contribution in [3.8, 4) is 6.07 Å². The van der Waals surface area contributed by atoms with E-state index in [1.807, 2.05) is 30.5 Å². The van der Waals surface area contributed by atoms with Crippen molar-refractivity contribution < 1.29 is 9.53 Å². The van der Waals surface area contributed by atoms with Gasteiger partial charge in [0.15, 0.2) is 0 Å². The SMILES string of the molecule is Cc1c(C#N)c(NC(=O)CN2c3ccccc3C[C@@H]2C)n(C[C@@H]2CCCO2)c1C. The number of nitrogens with zero attached hydrogens (tertiary/aromatic N) is 3. The van der Waals surface area contributed by atoms with Crippen molar-refractivity contribution in [2.24, 2.45) is 0 Å². The van der Waals surface area contributed by atoms with Gasteiger partial charge in [0.05, 0.1) is 24.8 Å². The number of hydrogen-bond donors (Lipinski definition) is 1. The third-order valence-corrected chi connectivity index (χ3v) is 6.27. The predicted octanol–water partition coefficient (Wildman–Crippen LogP) is 3.55. The molecule has 0 aliphatic carbocycles. The van der Waals surface area contributed by atoms with Crippen LogP contribution < -0.4 is 10.2 Å². The van der Waals surface area contributed by atoms with Crippen molar-refractivity contribution >= 4 is 17.4 Å². The van der Waals surface area contributed by atoms with Gasteiger partial charge in [-0.15, -0.1) is 0 Å². The number of ether oxygens (including phenoxy) is 1. The highest BCUT2D eigenvalue weighted by Crippen LogP contribution is 2.32. The van der Waals surface area contributed by atoms with Crippen LogP contribution in [0.15, 0.2) is 24.3 Å². The van der Waals surface area contributed by atoms with Gasteiger partial charge >= 0.3 is 0 Å². The van der Waals surface area contributed by atoms with Gasteiger partial charge in [-0.3, -0.25) is 4.79 Å². The van der Waals surface area contributed by atoms with Crippen molar-refractivity contribution in [1.29, 1.82) is 5.26 Å². The van der Waals surface area contributed by atoms with Gasteiger partial charge < -0.3 is 19.5 Å². The molecule has 6 nitrogen and oxygen atoms in total. The van der Waals surface area contributed by atoms with E-state index in [0.29, 0.717) is 17.9 Å². The summed E-state index contributed by atoms with van der Waals surface area (Å²) in [6.07, 6.45) is 3.14. The highest BCUT2D eigenvalue weighted by atomic mass is 16.5. The predicted molar refractivity (Wildman–Crippen MR) is 113 cm³/mol. The zero-order valence-electron chi connectivity index (χ0n) is 17.4. The fraction of sp³-hybridized carbons (Fsp3) is 0.478. The normalized spacial score (nSPS) is 20.6. The molecule has 1 aromatic carbocycles. The largest absolute Gasteiger partial charge is 0.376 e. The molecule has 4 rings (SSSR count). The van der Waals surface area contributed by atoms with E-state index in [9.17, 15) is 10.1 Å². The fourth-order valence-corrected chi connectivity index (χ4v) is 4.55. The molecule has 2 aliphatic heterocycles. The number of amides is 1. The van der Waals surface area contributed by atoms with Crippen molar-refractivity contribution in [3.63, 3.8) is 0 Å². The van der Waals surface area contributed by atoms with E-state index in [1.54, 1.807) is 0 Å². The standard InChI is InChI=1S/C23H28N4O2/c1-15-11-18-7-4-5-9-21(18)26(15)14-22(28)25-23-20(12-24)16(2)17(3)27(23)13-19-8-6-10-29-19/h4-5,7,9,15,19H,6,8,10-11,13-14H2,1-3H3,(H,25,28)/t15-,19-/m0/s1. The maximum Gasteiger partial charge on any atom is 0.245 e. The lowest BCUT2D eigenvalue weighted by Crippen LogP contribution is -2.37. The number of hydrogen-bond acceptors (Lipinski definition) is 4. The first-order chi connectivity index (χ1) is 14.0. The second-order valence-electron chi connectivity index (χ2n) is 8.15. The van der Waals surface area contributed by atoms with Crippen LogP contribution in [-0.2, 0) is 22.5 Å². The Morgan fingerprint density at radius 2 is 2.14 bits per heavy atom. The minimum absolute atomic E-state index is 0.101. The molecule has 6 heteroatoms. The lowest BCUT2D eigenvalue weighted by molar-refractivity contribution is -0.115. The van der Waals surface area contributed by atoms with Crippen LogP contribution in [0, 0.1) is 25.2 Å². The van der Waals surface area contributed by atoms with Crippen LogP contribution in [0.5, 0.6) is 0 Å². The van der Waals surface area contributed by atoms with E-state index < -0.39 is 0 Å². The van der Waals surface area contributed by atoms with Crippen molar-refractivity contribution in [2.45, 2.75) is 58.7 Å². The molecule has 29 heavy (non-hydrogen) atoms. The molecule has 1 aromatic heterocycles. The first-order valence-corrected chi connectivity index (χ1v) is 10.4. The zero-order chi connectivity index (χ0) is 20.5. The molecule has 2 aromatic rings. The number of nitrogens with one attached hydrogen (secondary N) is 1. The Morgan fingerprint density at radius 1 is 1.34 bits per heavy atom. The van der Waals surface area contributed by atoms with Crippen LogP contribution >= 0.6 is 0 Å². The maximum absolute atomic E-state index is 13.0. The molecule has 0 spiro atoms. The van der Waals surface area contributed by atoms with Crippen molar-refractivity contribution in [2.75, 3.05) is 23.4 Å². The molecular weight excluding hydrogens is 364 g/mol. The highest BCUT2D eigenvalue weighted by molar-refractivity contribution is 5.95. The summed E-state index contributed by atoms with van der Waals surface area (Å²) in [4.78, 5) is 15.1. The average molecular weight is 393 g/mol. The molecule has 2 aliphatic rings. The monoisotopic (exact) mass is 392 g/mol. The van der Waals surface area contributed by atoms with Gasteiger partial charge in [-0.05, 0) is 57.2 Å². The Kier molecular flexibility index (Phi) is 5.33. The van der Waals surface area contributed by atoms with Crippen molar-refractivity contribution in [1.82, 2.24) is 4.57 Å². The van der Waals surface area contributed by atoms with Crippen LogP contribution in [0.4, 0.5) is 11.5 Å². The van der Waals surface area contributed by atoms with Gasteiger partial charge in [0.1, 0.15) is 11.9 Å². The lowest BCUT2D eigenvalue weighted by Gasteiger charge is -2.24. The summed E-state index contributed by atoms with van der Waals surface area (Å²) in [5.41, 5.74) is 4.87. The van der Waals surface area contributed by atoms with Crippen LogP contribution in [0.25, 0.3) is 0 Å². The number of rotatable bonds is 5. The Labute approximate surface area is 172 Å². The van der Waals surface area contributed by atoms with E-state index in [0.717, 1.165) is 42.8 Å². The first-order valence-electron chi connectivity index (χ1n) is 10.4. The minimum atomic E-state index is -0.101. The maximum atomic E-state index is 13.0. The van der Waals surface area contributed by atoms with E-state index in [2.05, 4.69) is 35.3 Å². The summed E-state index contributed by atoms with van der Waals surface area (Å²) in [6.45, 7) is 7.79. The molecule has 0 unspecified atom stereocenters. The Balaban J connectivity index is 1.56. The highest BCUT2D eigenvalue weighted by Gasteiger charge is 2.29. The van der Waals surface area contributed by atoms with Crippen LogP contribution in [0.3, 0.4) is 0 Å². The molecule has 1 N–H and O–H groups in total. The molecule has 3 heterocycles. The molecule has 2 atom stereocenters. The van der Waals surface area contributed by atoms with E-state index in [1.165, 1.54) is 5.56 Å². The molecule has 1 fully saturated rings. The third-order valence-electron chi connectivity index (χ3n) is 6.27. The molecule has 1 saturated heterocycles. The topological polar surface area (TPSA) is 70.3 Å². The second kappa shape index (κ2) is 7.92. The quantitative estimate of drug-likeness (QED) is 0.845. The summed E-state index contributed by atoms with van der Waals surface area (Å²) in [5.74, 6) is 0.499. The first kappa shape index (κ1) is 19.5. The van der Waals surface area contributed by atoms with Crippen LogP contribution in [0.2, 0.25) is 0 Å². The third kappa shape index (κ3) is 3.63. The van der Waals surface area contributed by atoms with Gasteiger partial charge in [-0.2, -0.15) is 5.26 Å². The van der Waals surface area contributed by atoms with Gasteiger partial charge in [0, 0.05) is 24.0 Å². The average Bonchev–Trinajstić information content (AvgIpc) is 3.38. The van der Waals surface area contributed by atoms with Crippen LogP contribution in [-0.4, -0.2) is 35.8 Å². The van der Waals surface area contributed by atoms with Crippen LogP contribution in [0.1, 0.15) is 42.1 Å². The number of nitriles is 1. The molecule has 0 radical (unpaired) electrons. The number of benzene rings is 1. The van der Waals surface area contributed by atoms with E-state index in [4.69, 9.17) is 4.74 Å². The summed E-state index contributed by atoms with van der Waals surface area (Å²) >= 11 is 0. The van der Waals surface area contributed by atoms with Crippen molar-refractivity contribution in [3.05, 3.63) is 46.6 Å². The molecule has 152 valence electrons. The number of para-hydroxylation sites is 1. The molecular formula is C23H28N4O2. The Hall–Kier alpha value is -2.78. The Bertz CT molecular complexity index is 966. The summed E-state index contributed by atoms with van der Waals surface area (Å²) < 4.78 is 7.84. The van der Waals surface area contributed by atoms with Gasteiger partial charge in [0.2, 0.25) is 5.91 Å². The number of carbonyl (C=O) groups excluding carboxylic acids is 1. The summed E-state index contributed by atoms with van der Waals surface area (Å²) in [6, 6.07) is 10.8. The molecule has 0 bridgehead atoms. The van der Waals surface area contributed by atoms with E-state index >= 15 is 0 Å². The summed E-state index contributed by atoms with van der Waals surface area (Å²) in [5, 5.41) is 12.8. The van der Waals surface area contributed by atoms with E-state index in [-0.39, 0.29) is 24.6 Å². The second-order valence-corrected chi connectivity index (χ2v) is 8.15. The summed E-state index contributed by atoms with van der Waals surface area (Å²) in [7, 11) is 0. The Morgan fingerprint density at radius 3 is 2.86 bits per heavy atom. The van der Waals surface area contributed by atoms with Gasteiger partial charge in [-0.25, -0.2) is 0 Å². The van der Waals surface area contributed by atoms with Gasteiger partial charge in [-0.1, -0.05) is 18.2 Å². The smallest absolute Gasteiger partial charge is 0.245 e. The number of anilines is 2. The fourth-order valence-electron chi connectivity index (χ4n) is 4.55. The zero-order valence-corrected chi connectivity index (χ0v) is 17.4. The van der Waals surface area contributed by atoms with Gasteiger partial charge in [0.25, 0.3) is 0 Å². The number of carbonyl (C=O) groups is 1.